The van der Waals surface area contributed by atoms with Gasteiger partial charge in [0.2, 0.25) is 11.6 Å². The summed E-state index contributed by atoms with van der Waals surface area (Å²) in [6, 6.07) is 6.04. The number of methoxy groups -OCH3 is 1. The zero-order chi connectivity index (χ0) is 20.4. The Hall–Kier alpha value is -4.20. The SMILES string of the molecule is COc1cc(-n2nc(C#N)c(=O)[nH]c2=O)ccc1Oc1n[nH]c(=O)c(C)c1C. The van der Waals surface area contributed by atoms with Crippen LogP contribution < -0.4 is 26.3 Å². The Kier molecular flexibility index (Phi) is 4.78. The highest BCUT2D eigenvalue weighted by atomic mass is 16.5. The molecule has 3 aromatic rings. The third-order valence-electron chi connectivity index (χ3n) is 4.02. The maximum absolute atomic E-state index is 12.0. The average molecular weight is 382 g/mol. The quantitative estimate of drug-likeness (QED) is 0.652. The normalized spacial score (nSPS) is 10.4. The van der Waals surface area contributed by atoms with Crippen LogP contribution in [0.25, 0.3) is 5.69 Å². The first-order chi connectivity index (χ1) is 13.3. The third-order valence-corrected chi connectivity index (χ3v) is 4.02. The number of H-pyrrole nitrogens is 2. The van der Waals surface area contributed by atoms with Crippen LogP contribution in [0.15, 0.2) is 32.6 Å². The molecule has 28 heavy (non-hydrogen) atoms. The third kappa shape index (κ3) is 3.26. The van der Waals surface area contributed by atoms with Gasteiger partial charge in [-0.1, -0.05) is 0 Å². The summed E-state index contributed by atoms with van der Waals surface area (Å²) in [5.74, 6) is 0.696. The lowest BCUT2D eigenvalue weighted by Gasteiger charge is -2.13. The molecule has 0 radical (unpaired) electrons. The maximum atomic E-state index is 12.0. The Balaban J connectivity index is 2.06. The van der Waals surface area contributed by atoms with Crippen LogP contribution in [0.2, 0.25) is 0 Å². The van der Waals surface area contributed by atoms with Crippen LogP contribution in [-0.2, 0) is 0 Å². The molecule has 0 atom stereocenters. The second kappa shape index (κ2) is 7.20. The Morgan fingerprint density at radius 1 is 1.11 bits per heavy atom. The zero-order valence-electron chi connectivity index (χ0n) is 15.1. The maximum Gasteiger partial charge on any atom is 0.349 e. The van der Waals surface area contributed by atoms with Gasteiger partial charge < -0.3 is 9.47 Å². The molecule has 2 aromatic heterocycles. The average Bonchev–Trinajstić information content (AvgIpc) is 2.69. The van der Waals surface area contributed by atoms with Gasteiger partial charge in [0.15, 0.2) is 11.5 Å². The fraction of sp³-hybridized carbons (Fsp3) is 0.176. The molecule has 0 unspecified atom stereocenters. The molecule has 0 fully saturated rings. The van der Waals surface area contributed by atoms with Crippen LogP contribution in [0.3, 0.4) is 0 Å². The fourth-order valence-corrected chi connectivity index (χ4v) is 2.32. The molecule has 142 valence electrons. The second-order valence-electron chi connectivity index (χ2n) is 5.68. The van der Waals surface area contributed by atoms with Gasteiger partial charge in [-0.05, 0) is 26.0 Å². The Bertz CT molecular complexity index is 1280. The van der Waals surface area contributed by atoms with E-state index in [1.807, 2.05) is 4.98 Å². The lowest BCUT2D eigenvalue weighted by Crippen LogP contribution is -2.33. The highest BCUT2D eigenvalue weighted by molar-refractivity contribution is 5.50. The number of nitriles is 1. The number of aromatic amines is 2. The van der Waals surface area contributed by atoms with Gasteiger partial charge in [0.25, 0.3) is 11.1 Å². The first-order valence-electron chi connectivity index (χ1n) is 7.91. The van der Waals surface area contributed by atoms with Crippen LogP contribution in [-0.4, -0.2) is 32.1 Å². The predicted molar refractivity (Wildman–Crippen MR) is 96.1 cm³/mol. The van der Waals surface area contributed by atoms with E-state index in [-0.39, 0.29) is 28.6 Å². The standard InChI is InChI=1S/C17H14N6O5/c1-8-9(2)16(21-20-14(8)24)28-12-5-4-10(6-13(12)27-3)23-17(26)19-15(25)11(7-18)22-23/h4-6H,1-3H3,(H,20,24)(H,19,25,26). The summed E-state index contributed by atoms with van der Waals surface area (Å²) in [4.78, 5) is 37.1. The van der Waals surface area contributed by atoms with Gasteiger partial charge in [-0.15, -0.1) is 10.2 Å². The van der Waals surface area contributed by atoms with Crippen molar-refractivity contribution < 1.29 is 9.47 Å². The molecule has 11 nitrogen and oxygen atoms in total. The summed E-state index contributed by atoms with van der Waals surface area (Å²) in [5.41, 5.74) is -1.18. The van der Waals surface area contributed by atoms with Gasteiger partial charge in [0.05, 0.1) is 12.8 Å². The minimum Gasteiger partial charge on any atom is -0.493 e. The molecule has 2 N–H and O–H groups in total. The van der Waals surface area contributed by atoms with Gasteiger partial charge >= 0.3 is 5.69 Å². The van der Waals surface area contributed by atoms with Crippen molar-refractivity contribution in [2.45, 2.75) is 13.8 Å². The van der Waals surface area contributed by atoms with E-state index in [2.05, 4.69) is 15.3 Å². The first-order valence-corrected chi connectivity index (χ1v) is 7.91. The van der Waals surface area contributed by atoms with E-state index in [9.17, 15) is 14.4 Å². The lowest BCUT2D eigenvalue weighted by atomic mass is 10.2. The molecular formula is C17H14N6O5. The van der Waals surface area contributed by atoms with Crippen molar-refractivity contribution >= 4 is 0 Å². The second-order valence-corrected chi connectivity index (χ2v) is 5.68. The van der Waals surface area contributed by atoms with Crippen LogP contribution in [0.1, 0.15) is 16.8 Å². The molecule has 2 heterocycles. The summed E-state index contributed by atoms with van der Waals surface area (Å²) in [7, 11) is 1.40. The molecule has 11 heteroatoms. The molecule has 0 amide bonds. The molecule has 1 aromatic carbocycles. The molecular weight excluding hydrogens is 368 g/mol. The van der Waals surface area contributed by atoms with Crippen molar-refractivity contribution in [3.8, 4) is 29.1 Å². The molecule has 0 spiro atoms. The predicted octanol–water partition coefficient (Wildman–Crippen LogP) is 0.294. The monoisotopic (exact) mass is 382 g/mol. The van der Waals surface area contributed by atoms with Crippen molar-refractivity contribution in [1.82, 2.24) is 25.0 Å². The topological polar surface area (TPSA) is 156 Å². The van der Waals surface area contributed by atoms with Crippen molar-refractivity contribution in [1.29, 1.82) is 5.26 Å². The number of hydrogen-bond donors (Lipinski definition) is 2. The van der Waals surface area contributed by atoms with Crippen LogP contribution in [0.5, 0.6) is 17.4 Å². The van der Waals surface area contributed by atoms with Crippen molar-refractivity contribution in [2.24, 2.45) is 0 Å². The molecule has 0 saturated heterocycles. The van der Waals surface area contributed by atoms with E-state index in [1.54, 1.807) is 19.9 Å². The smallest absolute Gasteiger partial charge is 0.349 e. The summed E-state index contributed by atoms with van der Waals surface area (Å²) >= 11 is 0. The number of aromatic nitrogens is 5. The van der Waals surface area contributed by atoms with Crippen LogP contribution in [0.4, 0.5) is 0 Å². The van der Waals surface area contributed by atoms with Gasteiger partial charge in [-0.2, -0.15) is 9.94 Å². The summed E-state index contributed by atoms with van der Waals surface area (Å²) in [5, 5.41) is 18.9. The fourth-order valence-electron chi connectivity index (χ4n) is 2.32. The van der Waals surface area contributed by atoms with Crippen LogP contribution in [0, 0.1) is 25.2 Å². The van der Waals surface area contributed by atoms with Gasteiger partial charge in [-0.25, -0.2) is 9.89 Å². The molecule has 0 saturated carbocycles. The minimum absolute atomic E-state index is 0.189. The Morgan fingerprint density at radius 3 is 2.54 bits per heavy atom. The minimum atomic E-state index is -0.870. The van der Waals surface area contributed by atoms with Crippen LogP contribution >= 0.6 is 0 Å². The summed E-state index contributed by atoms with van der Waals surface area (Å²) in [6.07, 6.45) is 0. The molecule has 0 bridgehead atoms. The van der Waals surface area contributed by atoms with Crippen molar-refractivity contribution in [2.75, 3.05) is 7.11 Å². The largest absolute Gasteiger partial charge is 0.493 e. The van der Waals surface area contributed by atoms with Gasteiger partial charge in [-0.3, -0.25) is 14.6 Å². The van der Waals surface area contributed by atoms with E-state index in [0.29, 0.717) is 11.1 Å². The number of nitrogens with zero attached hydrogens (tertiary/aromatic N) is 4. The lowest BCUT2D eigenvalue weighted by molar-refractivity contribution is 0.370. The number of nitrogens with one attached hydrogen (secondary N) is 2. The molecule has 0 aliphatic heterocycles. The number of hydrogen-bond acceptors (Lipinski definition) is 8. The highest BCUT2D eigenvalue weighted by Gasteiger charge is 2.15. The number of rotatable bonds is 4. The van der Waals surface area contributed by atoms with Gasteiger partial charge in [0, 0.05) is 17.2 Å². The molecule has 0 aliphatic rings. The molecule has 3 rings (SSSR count). The first kappa shape index (κ1) is 18.6. The molecule has 0 aliphatic carbocycles. The van der Waals surface area contributed by atoms with E-state index in [4.69, 9.17) is 14.7 Å². The van der Waals surface area contributed by atoms with Gasteiger partial charge in [0.1, 0.15) is 6.07 Å². The van der Waals surface area contributed by atoms with Crippen molar-refractivity contribution in [3.63, 3.8) is 0 Å². The van der Waals surface area contributed by atoms with Crippen molar-refractivity contribution in [3.05, 3.63) is 66.2 Å². The Morgan fingerprint density at radius 2 is 1.86 bits per heavy atom. The summed E-state index contributed by atoms with van der Waals surface area (Å²) in [6.45, 7) is 3.34. The Labute approximate surface area is 156 Å². The number of ether oxygens (including phenoxy) is 2. The zero-order valence-corrected chi connectivity index (χ0v) is 15.1. The summed E-state index contributed by atoms with van der Waals surface area (Å²) < 4.78 is 11.9. The van der Waals surface area contributed by atoms with E-state index in [0.717, 1.165) is 4.68 Å². The van der Waals surface area contributed by atoms with E-state index in [1.165, 1.54) is 25.3 Å². The highest BCUT2D eigenvalue weighted by Crippen LogP contribution is 2.33. The van der Waals surface area contributed by atoms with E-state index < -0.39 is 16.9 Å². The number of benzene rings is 1. The van der Waals surface area contributed by atoms with E-state index >= 15 is 0 Å².